The minimum absolute atomic E-state index is 0.113. The second kappa shape index (κ2) is 10.5. The maximum absolute atomic E-state index is 6.02. The van der Waals surface area contributed by atoms with Gasteiger partial charge >= 0.3 is 0 Å². The van der Waals surface area contributed by atoms with Gasteiger partial charge in [0.1, 0.15) is 0 Å². The molecule has 1 atom stereocenters. The van der Waals surface area contributed by atoms with Gasteiger partial charge in [-0.05, 0) is 81.5 Å². The minimum Gasteiger partial charge on any atom is -0.416 e. The standard InChI is InChI=1S/C35H44N2O/c1-33(2,3)23-30(35(7,8)9)22-24-10-12-25(13-11-24)26-14-16-27(17-15-26)31-36-37-32(38-31)28-18-20-29(21-19-28)34(4,5)6/h10-21,30H,22-23H2,1-9H3. The molecule has 1 unspecified atom stereocenters. The van der Waals surface area contributed by atoms with Crippen LogP contribution in [0.1, 0.15) is 79.9 Å². The van der Waals surface area contributed by atoms with Gasteiger partial charge < -0.3 is 4.42 Å². The Labute approximate surface area is 229 Å². The number of benzene rings is 3. The molecule has 0 saturated carbocycles. The number of rotatable bonds is 6. The first-order valence-corrected chi connectivity index (χ1v) is 13.8. The van der Waals surface area contributed by atoms with Crippen LogP contribution in [0.5, 0.6) is 0 Å². The summed E-state index contributed by atoms with van der Waals surface area (Å²) in [7, 11) is 0. The lowest BCUT2D eigenvalue weighted by Crippen LogP contribution is -2.27. The van der Waals surface area contributed by atoms with Gasteiger partial charge in [-0.1, -0.05) is 111 Å². The quantitative estimate of drug-likeness (QED) is 0.260. The molecule has 0 N–H and O–H groups in total. The molecule has 0 radical (unpaired) electrons. The molecule has 3 heteroatoms. The molecule has 4 aromatic rings. The van der Waals surface area contributed by atoms with Crippen molar-refractivity contribution in [3.8, 4) is 34.0 Å². The number of hydrogen-bond donors (Lipinski definition) is 0. The van der Waals surface area contributed by atoms with Crippen molar-refractivity contribution in [2.24, 2.45) is 16.7 Å². The number of aromatic nitrogens is 2. The van der Waals surface area contributed by atoms with E-state index in [1.54, 1.807) is 0 Å². The molecular formula is C35H44N2O. The van der Waals surface area contributed by atoms with Gasteiger partial charge in [-0.3, -0.25) is 0 Å². The Morgan fingerprint density at radius 2 is 1.00 bits per heavy atom. The summed E-state index contributed by atoms with van der Waals surface area (Å²) in [5.41, 5.74) is 7.67. The van der Waals surface area contributed by atoms with Crippen LogP contribution in [0.25, 0.3) is 34.0 Å². The highest BCUT2D eigenvalue weighted by Crippen LogP contribution is 2.38. The van der Waals surface area contributed by atoms with E-state index in [-0.39, 0.29) is 10.8 Å². The van der Waals surface area contributed by atoms with E-state index in [2.05, 4.69) is 145 Å². The van der Waals surface area contributed by atoms with Crippen molar-refractivity contribution >= 4 is 0 Å². The van der Waals surface area contributed by atoms with Gasteiger partial charge in [-0.2, -0.15) is 0 Å². The summed E-state index contributed by atoms with van der Waals surface area (Å²) in [6, 6.07) is 25.8. The molecule has 0 amide bonds. The Kier molecular flexibility index (Phi) is 7.70. The molecule has 0 saturated heterocycles. The highest BCUT2D eigenvalue weighted by atomic mass is 16.4. The molecule has 0 spiro atoms. The Bertz CT molecular complexity index is 1320. The van der Waals surface area contributed by atoms with Crippen molar-refractivity contribution in [3.63, 3.8) is 0 Å². The predicted molar refractivity (Wildman–Crippen MR) is 160 cm³/mol. The first-order valence-electron chi connectivity index (χ1n) is 13.8. The summed E-state index contributed by atoms with van der Waals surface area (Å²) < 4.78 is 6.02. The largest absolute Gasteiger partial charge is 0.416 e. The lowest BCUT2D eigenvalue weighted by atomic mass is 9.70. The van der Waals surface area contributed by atoms with Crippen molar-refractivity contribution < 1.29 is 4.42 Å². The van der Waals surface area contributed by atoms with Gasteiger partial charge in [0.2, 0.25) is 11.8 Å². The SMILES string of the molecule is CC(C)(C)CC(Cc1ccc(-c2ccc(-c3nnc(-c4ccc(C(C)(C)C)cc4)o3)cc2)cc1)C(C)(C)C. The van der Waals surface area contributed by atoms with Crippen LogP contribution >= 0.6 is 0 Å². The van der Waals surface area contributed by atoms with Crippen molar-refractivity contribution in [2.45, 2.75) is 80.6 Å². The number of nitrogens with zero attached hydrogens (tertiary/aromatic N) is 2. The average molecular weight is 509 g/mol. The van der Waals surface area contributed by atoms with Crippen molar-refractivity contribution in [3.05, 3.63) is 83.9 Å². The van der Waals surface area contributed by atoms with Crippen LogP contribution in [0.15, 0.2) is 77.2 Å². The molecule has 0 bridgehead atoms. The van der Waals surface area contributed by atoms with E-state index < -0.39 is 0 Å². The smallest absolute Gasteiger partial charge is 0.248 e. The molecule has 1 heterocycles. The van der Waals surface area contributed by atoms with E-state index in [0.29, 0.717) is 23.1 Å². The average Bonchev–Trinajstić information content (AvgIpc) is 3.33. The van der Waals surface area contributed by atoms with Crippen LogP contribution in [0, 0.1) is 16.7 Å². The van der Waals surface area contributed by atoms with E-state index >= 15 is 0 Å². The van der Waals surface area contributed by atoms with Crippen molar-refractivity contribution in [1.29, 1.82) is 0 Å². The third-order valence-electron chi connectivity index (χ3n) is 7.41. The lowest BCUT2D eigenvalue weighted by molar-refractivity contribution is 0.164. The van der Waals surface area contributed by atoms with Crippen molar-refractivity contribution in [1.82, 2.24) is 10.2 Å². The van der Waals surface area contributed by atoms with Crippen LogP contribution in [0.2, 0.25) is 0 Å². The zero-order valence-electron chi connectivity index (χ0n) is 24.7. The summed E-state index contributed by atoms with van der Waals surface area (Å²) in [6.07, 6.45) is 2.33. The third-order valence-corrected chi connectivity index (χ3v) is 7.41. The summed E-state index contributed by atoms with van der Waals surface area (Å²) >= 11 is 0. The van der Waals surface area contributed by atoms with E-state index in [4.69, 9.17) is 4.42 Å². The van der Waals surface area contributed by atoms with Crippen LogP contribution in [0.4, 0.5) is 0 Å². The van der Waals surface area contributed by atoms with E-state index in [0.717, 1.165) is 17.5 Å². The monoisotopic (exact) mass is 508 g/mol. The summed E-state index contributed by atoms with van der Waals surface area (Å²) in [4.78, 5) is 0. The molecule has 0 aliphatic carbocycles. The van der Waals surface area contributed by atoms with Gasteiger partial charge in [0.15, 0.2) is 0 Å². The number of hydrogen-bond acceptors (Lipinski definition) is 3. The second-order valence-corrected chi connectivity index (χ2v) is 14.0. The molecule has 38 heavy (non-hydrogen) atoms. The fourth-order valence-corrected chi connectivity index (χ4v) is 4.92. The molecule has 200 valence electrons. The zero-order chi connectivity index (χ0) is 27.7. The highest BCUT2D eigenvalue weighted by molar-refractivity contribution is 5.68. The molecule has 1 aromatic heterocycles. The van der Waals surface area contributed by atoms with Gasteiger partial charge in [-0.25, -0.2) is 0 Å². The Balaban J connectivity index is 1.46. The molecule has 3 nitrogen and oxygen atoms in total. The van der Waals surface area contributed by atoms with E-state index in [1.807, 2.05) is 0 Å². The van der Waals surface area contributed by atoms with Crippen molar-refractivity contribution in [2.75, 3.05) is 0 Å². The summed E-state index contributed by atoms with van der Waals surface area (Å²) in [6.45, 7) is 20.8. The van der Waals surface area contributed by atoms with E-state index in [9.17, 15) is 0 Å². The van der Waals surface area contributed by atoms with Crippen LogP contribution < -0.4 is 0 Å². The Morgan fingerprint density at radius 3 is 1.42 bits per heavy atom. The molecule has 0 aliphatic heterocycles. The fourth-order valence-electron chi connectivity index (χ4n) is 4.92. The van der Waals surface area contributed by atoms with Gasteiger partial charge in [0.25, 0.3) is 0 Å². The fraction of sp³-hybridized carbons (Fsp3) is 0.429. The summed E-state index contributed by atoms with van der Waals surface area (Å²) in [5, 5.41) is 8.59. The zero-order valence-corrected chi connectivity index (χ0v) is 24.7. The lowest BCUT2D eigenvalue weighted by Gasteiger charge is -2.36. The normalized spacial score (nSPS) is 13.5. The van der Waals surface area contributed by atoms with Crippen LogP contribution in [0.3, 0.4) is 0 Å². The Hall–Kier alpha value is -3.20. The first kappa shape index (κ1) is 27.8. The van der Waals surface area contributed by atoms with Gasteiger partial charge in [-0.15, -0.1) is 10.2 Å². The van der Waals surface area contributed by atoms with E-state index in [1.165, 1.54) is 28.7 Å². The van der Waals surface area contributed by atoms with Gasteiger partial charge in [0, 0.05) is 11.1 Å². The Morgan fingerprint density at radius 1 is 0.579 bits per heavy atom. The predicted octanol–water partition coefficient (Wildman–Crippen LogP) is 10.0. The molecule has 0 aliphatic rings. The summed E-state index contributed by atoms with van der Waals surface area (Å²) in [5.74, 6) is 1.72. The molecule has 3 aromatic carbocycles. The first-order chi connectivity index (χ1) is 17.7. The molecular weight excluding hydrogens is 464 g/mol. The minimum atomic E-state index is 0.113. The third kappa shape index (κ3) is 7.01. The molecule has 0 fully saturated rings. The maximum atomic E-state index is 6.02. The maximum Gasteiger partial charge on any atom is 0.248 e. The molecule has 4 rings (SSSR count). The van der Waals surface area contributed by atoms with Crippen LogP contribution in [-0.2, 0) is 11.8 Å². The highest BCUT2D eigenvalue weighted by Gasteiger charge is 2.29. The van der Waals surface area contributed by atoms with Crippen LogP contribution in [-0.4, -0.2) is 10.2 Å². The second-order valence-electron chi connectivity index (χ2n) is 14.0. The van der Waals surface area contributed by atoms with Gasteiger partial charge in [0.05, 0.1) is 0 Å². The topological polar surface area (TPSA) is 38.9 Å².